The maximum Gasteiger partial charge on any atom is 0.223 e. The lowest BCUT2D eigenvalue weighted by atomic mass is 9.97. The standard InChI is InChI=1S/C12H14N4/c1-8(2)9-5-3-4-6-10(9)11-14-7-15-12(13)16-11/h3-8H,1-2H3,(H2,13,14,15,16). The van der Waals surface area contributed by atoms with E-state index in [4.69, 9.17) is 5.73 Å². The van der Waals surface area contributed by atoms with Crippen LogP contribution in [0.3, 0.4) is 0 Å². The van der Waals surface area contributed by atoms with E-state index in [0.29, 0.717) is 11.7 Å². The van der Waals surface area contributed by atoms with Crippen molar-refractivity contribution in [2.75, 3.05) is 5.73 Å². The third kappa shape index (κ3) is 2.00. The Kier molecular flexibility index (Phi) is 2.81. The van der Waals surface area contributed by atoms with Crippen LogP contribution >= 0.6 is 0 Å². The summed E-state index contributed by atoms with van der Waals surface area (Å²) in [5, 5.41) is 0. The van der Waals surface area contributed by atoms with Gasteiger partial charge in [-0.1, -0.05) is 38.1 Å². The van der Waals surface area contributed by atoms with Crippen molar-refractivity contribution in [2.45, 2.75) is 19.8 Å². The molecule has 16 heavy (non-hydrogen) atoms. The Morgan fingerprint density at radius 3 is 2.56 bits per heavy atom. The largest absolute Gasteiger partial charge is 0.368 e. The highest BCUT2D eigenvalue weighted by Gasteiger charge is 2.10. The molecule has 0 fully saturated rings. The van der Waals surface area contributed by atoms with Gasteiger partial charge in [-0.05, 0) is 11.5 Å². The van der Waals surface area contributed by atoms with E-state index >= 15 is 0 Å². The van der Waals surface area contributed by atoms with Crippen LogP contribution in [0.1, 0.15) is 25.3 Å². The van der Waals surface area contributed by atoms with Crippen LogP contribution in [0.25, 0.3) is 11.4 Å². The summed E-state index contributed by atoms with van der Waals surface area (Å²) in [4.78, 5) is 12.1. The van der Waals surface area contributed by atoms with Crippen molar-refractivity contribution in [3.8, 4) is 11.4 Å². The molecule has 2 aromatic rings. The molecule has 1 aromatic carbocycles. The van der Waals surface area contributed by atoms with Crippen molar-refractivity contribution in [3.05, 3.63) is 36.2 Å². The maximum absolute atomic E-state index is 5.56. The Bertz CT molecular complexity index is 494. The molecule has 0 unspecified atom stereocenters. The molecule has 2 N–H and O–H groups in total. The second kappa shape index (κ2) is 4.26. The van der Waals surface area contributed by atoms with Crippen LogP contribution in [0.15, 0.2) is 30.6 Å². The highest BCUT2D eigenvalue weighted by molar-refractivity contribution is 5.61. The highest BCUT2D eigenvalue weighted by atomic mass is 15.1. The van der Waals surface area contributed by atoms with Crippen LogP contribution in [0.4, 0.5) is 5.95 Å². The van der Waals surface area contributed by atoms with Gasteiger partial charge in [0.05, 0.1) is 0 Å². The number of nitrogen functional groups attached to an aromatic ring is 1. The van der Waals surface area contributed by atoms with Crippen LogP contribution < -0.4 is 5.73 Å². The molecular formula is C12H14N4. The molecule has 0 bridgehead atoms. The van der Waals surface area contributed by atoms with Gasteiger partial charge in [-0.25, -0.2) is 9.97 Å². The lowest BCUT2D eigenvalue weighted by molar-refractivity contribution is 0.865. The summed E-state index contributed by atoms with van der Waals surface area (Å²) in [7, 11) is 0. The van der Waals surface area contributed by atoms with Crippen molar-refractivity contribution in [2.24, 2.45) is 0 Å². The Labute approximate surface area is 94.6 Å². The zero-order valence-corrected chi connectivity index (χ0v) is 9.38. The summed E-state index contributed by atoms with van der Waals surface area (Å²) in [5.74, 6) is 1.31. The predicted molar refractivity (Wildman–Crippen MR) is 63.8 cm³/mol. The fraction of sp³-hybridized carbons (Fsp3) is 0.250. The number of aromatic nitrogens is 3. The third-order valence-electron chi connectivity index (χ3n) is 2.41. The number of nitrogens with zero attached hydrogens (tertiary/aromatic N) is 3. The molecule has 4 heteroatoms. The SMILES string of the molecule is CC(C)c1ccccc1-c1ncnc(N)n1. The summed E-state index contributed by atoms with van der Waals surface area (Å²) in [6.07, 6.45) is 1.44. The van der Waals surface area contributed by atoms with E-state index in [-0.39, 0.29) is 5.95 Å². The molecule has 0 saturated carbocycles. The summed E-state index contributed by atoms with van der Waals surface area (Å²) in [6, 6.07) is 8.08. The molecule has 82 valence electrons. The van der Waals surface area contributed by atoms with Gasteiger partial charge in [0.1, 0.15) is 6.33 Å². The lowest BCUT2D eigenvalue weighted by Crippen LogP contribution is -2.00. The van der Waals surface area contributed by atoms with Gasteiger partial charge in [0.25, 0.3) is 0 Å². The molecule has 0 saturated heterocycles. The molecule has 0 spiro atoms. The number of rotatable bonds is 2. The molecule has 0 aliphatic carbocycles. The zero-order valence-electron chi connectivity index (χ0n) is 9.38. The highest BCUT2D eigenvalue weighted by Crippen LogP contribution is 2.26. The number of benzene rings is 1. The van der Waals surface area contributed by atoms with Crippen molar-refractivity contribution in [1.82, 2.24) is 15.0 Å². The van der Waals surface area contributed by atoms with Gasteiger partial charge >= 0.3 is 0 Å². The van der Waals surface area contributed by atoms with Crippen LogP contribution in [0.5, 0.6) is 0 Å². The van der Waals surface area contributed by atoms with E-state index in [2.05, 4.69) is 34.9 Å². The van der Waals surface area contributed by atoms with Crippen molar-refractivity contribution < 1.29 is 0 Å². The minimum Gasteiger partial charge on any atom is -0.368 e. The zero-order chi connectivity index (χ0) is 11.5. The quantitative estimate of drug-likeness (QED) is 0.832. The van der Waals surface area contributed by atoms with Crippen molar-refractivity contribution in [3.63, 3.8) is 0 Å². The predicted octanol–water partition coefficient (Wildman–Crippen LogP) is 2.24. The second-order valence-electron chi connectivity index (χ2n) is 3.91. The van der Waals surface area contributed by atoms with Gasteiger partial charge in [0.15, 0.2) is 5.82 Å². The number of anilines is 1. The van der Waals surface area contributed by atoms with E-state index in [1.807, 2.05) is 18.2 Å². The number of hydrogen-bond acceptors (Lipinski definition) is 4. The first-order valence-electron chi connectivity index (χ1n) is 5.22. The molecule has 1 aromatic heterocycles. The monoisotopic (exact) mass is 214 g/mol. The first-order chi connectivity index (χ1) is 7.68. The van der Waals surface area contributed by atoms with Crippen molar-refractivity contribution in [1.29, 1.82) is 0 Å². The van der Waals surface area contributed by atoms with Crippen LogP contribution in [-0.4, -0.2) is 15.0 Å². The Morgan fingerprint density at radius 2 is 1.88 bits per heavy atom. The topological polar surface area (TPSA) is 64.7 Å². The van der Waals surface area contributed by atoms with Crippen LogP contribution in [0, 0.1) is 0 Å². The molecule has 1 heterocycles. The maximum atomic E-state index is 5.56. The average molecular weight is 214 g/mol. The first kappa shape index (κ1) is 10.5. The molecule has 0 aliphatic rings. The second-order valence-corrected chi connectivity index (χ2v) is 3.91. The summed E-state index contributed by atoms with van der Waals surface area (Å²) >= 11 is 0. The summed E-state index contributed by atoms with van der Waals surface area (Å²) in [5.41, 5.74) is 7.80. The van der Waals surface area contributed by atoms with Gasteiger partial charge in [-0.15, -0.1) is 0 Å². The Balaban J connectivity index is 2.55. The number of hydrogen-bond donors (Lipinski definition) is 1. The molecule has 2 rings (SSSR count). The fourth-order valence-corrected chi connectivity index (χ4v) is 1.64. The molecule has 0 aliphatic heterocycles. The van der Waals surface area contributed by atoms with Crippen LogP contribution in [-0.2, 0) is 0 Å². The normalized spacial score (nSPS) is 10.7. The smallest absolute Gasteiger partial charge is 0.223 e. The van der Waals surface area contributed by atoms with Gasteiger partial charge < -0.3 is 5.73 Å². The van der Waals surface area contributed by atoms with E-state index < -0.39 is 0 Å². The van der Waals surface area contributed by atoms with Gasteiger partial charge in [0, 0.05) is 5.56 Å². The average Bonchev–Trinajstić information content (AvgIpc) is 2.29. The van der Waals surface area contributed by atoms with E-state index in [1.165, 1.54) is 11.9 Å². The van der Waals surface area contributed by atoms with Gasteiger partial charge in [0.2, 0.25) is 5.95 Å². The Morgan fingerprint density at radius 1 is 1.12 bits per heavy atom. The first-order valence-corrected chi connectivity index (χ1v) is 5.22. The molecule has 0 amide bonds. The molecule has 0 atom stereocenters. The Hall–Kier alpha value is -1.97. The molecule has 0 radical (unpaired) electrons. The van der Waals surface area contributed by atoms with E-state index in [9.17, 15) is 0 Å². The van der Waals surface area contributed by atoms with Crippen molar-refractivity contribution >= 4 is 5.95 Å². The summed E-state index contributed by atoms with van der Waals surface area (Å²) < 4.78 is 0. The fourth-order valence-electron chi connectivity index (χ4n) is 1.64. The molecular weight excluding hydrogens is 200 g/mol. The minimum absolute atomic E-state index is 0.253. The molecule has 4 nitrogen and oxygen atoms in total. The number of nitrogens with two attached hydrogens (primary N) is 1. The summed E-state index contributed by atoms with van der Waals surface area (Å²) in [6.45, 7) is 4.28. The van der Waals surface area contributed by atoms with Gasteiger partial charge in [-0.3, -0.25) is 0 Å². The van der Waals surface area contributed by atoms with E-state index in [0.717, 1.165) is 5.56 Å². The van der Waals surface area contributed by atoms with Gasteiger partial charge in [-0.2, -0.15) is 4.98 Å². The lowest BCUT2D eigenvalue weighted by Gasteiger charge is -2.10. The minimum atomic E-state index is 0.253. The van der Waals surface area contributed by atoms with Crippen LogP contribution in [0.2, 0.25) is 0 Å². The van der Waals surface area contributed by atoms with E-state index in [1.54, 1.807) is 0 Å². The third-order valence-corrected chi connectivity index (χ3v) is 2.41.